The number of furan rings is 1. The van der Waals surface area contributed by atoms with E-state index in [1.807, 2.05) is 13.8 Å². The normalized spacial score (nSPS) is 10.3. The summed E-state index contributed by atoms with van der Waals surface area (Å²) in [5.74, 6) is 0.360. The highest BCUT2D eigenvalue weighted by molar-refractivity contribution is 5.76. The minimum atomic E-state index is 0.360. The highest BCUT2D eigenvalue weighted by Crippen LogP contribution is 2.18. The van der Waals surface area contributed by atoms with Crippen LogP contribution in [-0.4, -0.2) is 6.29 Å². The van der Waals surface area contributed by atoms with Gasteiger partial charge in [0, 0.05) is 5.56 Å². The summed E-state index contributed by atoms with van der Waals surface area (Å²) in [5.41, 5.74) is 1.64. The molecule has 0 radical (unpaired) electrons. The van der Waals surface area contributed by atoms with E-state index in [4.69, 9.17) is 4.42 Å². The van der Waals surface area contributed by atoms with Crippen LogP contribution in [0.25, 0.3) is 0 Å². The lowest BCUT2D eigenvalue weighted by Crippen LogP contribution is -1.88. The van der Waals surface area contributed by atoms with Gasteiger partial charge in [-0.05, 0) is 5.92 Å². The lowest BCUT2D eigenvalue weighted by molar-refractivity contribution is 0.112. The highest BCUT2D eigenvalue weighted by atomic mass is 16.3. The van der Waals surface area contributed by atoms with Crippen LogP contribution in [0.3, 0.4) is 0 Å². The SMILES string of the molecule is CC(C)c1cocc1C=O. The second-order valence-electron chi connectivity index (χ2n) is 2.56. The molecular weight excluding hydrogens is 128 g/mol. The Bertz CT molecular complexity index is 223. The van der Waals surface area contributed by atoms with Crippen molar-refractivity contribution in [2.24, 2.45) is 0 Å². The summed E-state index contributed by atoms with van der Waals surface area (Å²) in [6.45, 7) is 4.05. The fourth-order valence-electron chi connectivity index (χ4n) is 0.882. The molecule has 0 aliphatic carbocycles. The maximum Gasteiger partial charge on any atom is 0.153 e. The van der Waals surface area contributed by atoms with E-state index in [0.717, 1.165) is 11.8 Å². The van der Waals surface area contributed by atoms with Gasteiger partial charge in [-0.1, -0.05) is 13.8 Å². The third-order valence-electron chi connectivity index (χ3n) is 1.47. The van der Waals surface area contributed by atoms with E-state index in [9.17, 15) is 4.79 Å². The van der Waals surface area contributed by atoms with Gasteiger partial charge in [0.2, 0.25) is 0 Å². The molecule has 0 spiro atoms. The molecule has 1 heterocycles. The van der Waals surface area contributed by atoms with E-state index in [1.54, 1.807) is 6.26 Å². The Morgan fingerprint density at radius 2 is 2.20 bits per heavy atom. The summed E-state index contributed by atoms with van der Waals surface area (Å²) in [6, 6.07) is 0. The molecule has 0 saturated carbocycles. The zero-order valence-corrected chi connectivity index (χ0v) is 6.13. The summed E-state index contributed by atoms with van der Waals surface area (Å²) >= 11 is 0. The van der Waals surface area contributed by atoms with Crippen molar-refractivity contribution in [2.75, 3.05) is 0 Å². The first-order valence-electron chi connectivity index (χ1n) is 3.27. The van der Waals surface area contributed by atoms with E-state index >= 15 is 0 Å². The van der Waals surface area contributed by atoms with Gasteiger partial charge in [-0.15, -0.1) is 0 Å². The van der Waals surface area contributed by atoms with Crippen LogP contribution >= 0.6 is 0 Å². The molecule has 1 aromatic rings. The topological polar surface area (TPSA) is 30.2 Å². The smallest absolute Gasteiger partial charge is 0.153 e. The second kappa shape index (κ2) is 2.69. The minimum absolute atomic E-state index is 0.360. The quantitative estimate of drug-likeness (QED) is 0.586. The van der Waals surface area contributed by atoms with Crippen LogP contribution in [0.4, 0.5) is 0 Å². The fourth-order valence-corrected chi connectivity index (χ4v) is 0.882. The van der Waals surface area contributed by atoms with Crippen molar-refractivity contribution in [1.82, 2.24) is 0 Å². The number of carbonyl (C=O) groups excluding carboxylic acids is 1. The monoisotopic (exact) mass is 138 g/mol. The molecule has 0 N–H and O–H groups in total. The van der Waals surface area contributed by atoms with E-state index in [1.165, 1.54) is 6.26 Å². The molecule has 0 bridgehead atoms. The van der Waals surface area contributed by atoms with Crippen molar-refractivity contribution >= 4 is 6.29 Å². The maximum atomic E-state index is 10.3. The van der Waals surface area contributed by atoms with Gasteiger partial charge in [-0.3, -0.25) is 4.79 Å². The Hall–Kier alpha value is -1.05. The largest absolute Gasteiger partial charge is 0.472 e. The van der Waals surface area contributed by atoms with Crippen molar-refractivity contribution in [3.05, 3.63) is 23.7 Å². The number of rotatable bonds is 2. The van der Waals surface area contributed by atoms with Gasteiger partial charge in [0.15, 0.2) is 6.29 Å². The summed E-state index contributed by atoms with van der Waals surface area (Å²) in [7, 11) is 0. The van der Waals surface area contributed by atoms with Crippen molar-refractivity contribution in [3.63, 3.8) is 0 Å². The van der Waals surface area contributed by atoms with Gasteiger partial charge in [0.1, 0.15) is 6.26 Å². The van der Waals surface area contributed by atoms with Crippen LogP contribution < -0.4 is 0 Å². The highest BCUT2D eigenvalue weighted by Gasteiger charge is 2.06. The summed E-state index contributed by atoms with van der Waals surface area (Å²) in [5, 5.41) is 0. The average Bonchev–Trinajstić information content (AvgIpc) is 2.33. The molecule has 0 aliphatic heterocycles. The molecule has 0 atom stereocenters. The summed E-state index contributed by atoms with van der Waals surface area (Å²) in [6.07, 6.45) is 3.91. The minimum Gasteiger partial charge on any atom is -0.472 e. The van der Waals surface area contributed by atoms with E-state index in [0.29, 0.717) is 11.5 Å². The average molecular weight is 138 g/mol. The Kier molecular flexibility index (Phi) is 1.90. The third-order valence-corrected chi connectivity index (χ3v) is 1.47. The van der Waals surface area contributed by atoms with Gasteiger partial charge in [0.05, 0.1) is 11.8 Å². The Balaban J connectivity index is 3.01. The maximum absolute atomic E-state index is 10.3. The zero-order chi connectivity index (χ0) is 7.56. The van der Waals surface area contributed by atoms with Gasteiger partial charge in [0.25, 0.3) is 0 Å². The van der Waals surface area contributed by atoms with Gasteiger partial charge in [-0.2, -0.15) is 0 Å². The molecule has 54 valence electrons. The summed E-state index contributed by atoms with van der Waals surface area (Å²) in [4.78, 5) is 10.3. The van der Waals surface area contributed by atoms with E-state index in [2.05, 4.69) is 0 Å². The van der Waals surface area contributed by atoms with Crippen molar-refractivity contribution in [3.8, 4) is 0 Å². The van der Waals surface area contributed by atoms with Crippen LogP contribution in [0.2, 0.25) is 0 Å². The van der Waals surface area contributed by atoms with Gasteiger partial charge >= 0.3 is 0 Å². The molecule has 0 aromatic carbocycles. The van der Waals surface area contributed by atoms with Crippen LogP contribution in [0.15, 0.2) is 16.9 Å². The molecule has 0 amide bonds. The standard InChI is InChI=1S/C8H10O2/c1-6(2)8-5-10-4-7(8)3-9/h3-6H,1-2H3. The first kappa shape index (κ1) is 7.06. The van der Waals surface area contributed by atoms with Crippen LogP contribution in [0.5, 0.6) is 0 Å². The Morgan fingerprint density at radius 3 is 2.60 bits per heavy atom. The predicted octanol–water partition coefficient (Wildman–Crippen LogP) is 2.22. The van der Waals surface area contributed by atoms with Crippen LogP contribution in [0.1, 0.15) is 35.7 Å². The molecule has 0 aliphatic rings. The fraction of sp³-hybridized carbons (Fsp3) is 0.375. The third kappa shape index (κ3) is 1.10. The molecule has 1 rings (SSSR count). The molecule has 0 fully saturated rings. The second-order valence-corrected chi connectivity index (χ2v) is 2.56. The molecule has 2 heteroatoms. The summed E-state index contributed by atoms with van der Waals surface area (Å²) < 4.78 is 4.87. The number of hydrogen-bond donors (Lipinski definition) is 0. The van der Waals surface area contributed by atoms with E-state index < -0.39 is 0 Å². The van der Waals surface area contributed by atoms with Crippen molar-refractivity contribution < 1.29 is 9.21 Å². The van der Waals surface area contributed by atoms with Crippen molar-refractivity contribution in [2.45, 2.75) is 19.8 Å². The van der Waals surface area contributed by atoms with E-state index in [-0.39, 0.29) is 0 Å². The molecule has 10 heavy (non-hydrogen) atoms. The lowest BCUT2D eigenvalue weighted by atomic mass is 10.0. The zero-order valence-electron chi connectivity index (χ0n) is 6.13. The molecule has 0 unspecified atom stereocenters. The number of carbonyl (C=O) groups is 1. The lowest BCUT2D eigenvalue weighted by Gasteiger charge is -1.98. The first-order chi connectivity index (χ1) is 4.75. The van der Waals surface area contributed by atoms with Crippen LogP contribution in [-0.2, 0) is 0 Å². The van der Waals surface area contributed by atoms with Crippen molar-refractivity contribution in [1.29, 1.82) is 0 Å². The molecule has 2 nitrogen and oxygen atoms in total. The van der Waals surface area contributed by atoms with Crippen LogP contribution in [0, 0.1) is 0 Å². The first-order valence-corrected chi connectivity index (χ1v) is 3.27. The molecular formula is C8H10O2. The Morgan fingerprint density at radius 1 is 1.50 bits per heavy atom. The Labute approximate surface area is 59.8 Å². The number of hydrogen-bond acceptors (Lipinski definition) is 2. The van der Waals surface area contributed by atoms with Gasteiger partial charge in [-0.25, -0.2) is 0 Å². The predicted molar refractivity (Wildman–Crippen MR) is 38.2 cm³/mol. The van der Waals surface area contributed by atoms with Gasteiger partial charge < -0.3 is 4.42 Å². The molecule has 0 saturated heterocycles. The number of aldehydes is 1. The molecule has 1 aromatic heterocycles.